The lowest BCUT2D eigenvalue weighted by Crippen LogP contribution is -2.13. The lowest BCUT2D eigenvalue weighted by molar-refractivity contribution is -0.384. The number of hydrogen-bond donors (Lipinski definition) is 1. The minimum atomic E-state index is -0.555. The average molecular weight is 382 g/mol. The smallest absolute Gasteiger partial charge is 0.275 e. The van der Waals surface area contributed by atoms with Crippen LogP contribution in [0.3, 0.4) is 0 Å². The Bertz CT molecular complexity index is 1040. The van der Waals surface area contributed by atoms with Gasteiger partial charge in [-0.25, -0.2) is 0 Å². The van der Waals surface area contributed by atoms with Gasteiger partial charge in [0, 0.05) is 24.9 Å². The minimum absolute atomic E-state index is 0.192. The Morgan fingerprint density at radius 1 is 1.21 bits per heavy atom. The molecule has 2 aromatic carbocycles. The van der Waals surface area contributed by atoms with Crippen molar-refractivity contribution < 1.29 is 19.2 Å². The van der Waals surface area contributed by atoms with E-state index in [0.29, 0.717) is 22.8 Å². The largest absolute Gasteiger partial charge is 0.493 e. The third kappa shape index (κ3) is 3.93. The Kier molecular flexibility index (Phi) is 5.25. The first-order valence-electron chi connectivity index (χ1n) is 8.29. The second kappa shape index (κ2) is 7.78. The summed E-state index contributed by atoms with van der Waals surface area (Å²) in [6, 6.07) is 11.0. The second-order valence-electron chi connectivity index (χ2n) is 5.95. The number of hydrogen-bond acceptors (Lipinski definition) is 6. The number of ether oxygens (including phenoxy) is 2. The van der Waals surface area contributed by atoms with E-state index in [1.165, 1.54) is 31.5 Å². The normalized spacial score (nSPS) is 10.4. The van der Waals surface area contributed by atoms with Crippen LogP contribution in [0, 0.1) is 17.0 Å². The highest BCUT2D eigenvalue weighted by molar-refractivity contribution is 6.05. The molecule has 9 heteroatoms. The molecule has 0 saturated heterocycles. The molecule has 3 aromatic rings. The van der Waals surface area contributed by atoms with Crippen LogP contribution < -0.4 is 14.8 Å². The van der Waals surface area contributed by atoms with Crippen LogP contribution in [0.25, 0.3) is 0 Å². The molecule has 0 aliphatic carbocycles. The van der Waals surface area contributed by atoms with Gasteiger partial charge in [-0.3, -0.25) is 19.6 Å². The molecule has 3 rings (SSSR count). The van der Waals surface area contributed by atoms with Crippen LogP contribution in [-0.4, -0.2) is 27.7 Å². The first kappa shape index (κ1) is 18.9. The summed E-state index contributed by atoms with van der Waals surface area (Å²) in [5, 5.41) is 18.0. The number of nitro groups is 1. The van der Waals surface area contributed by atoms with Crippen molar-refractivity contribution in [1.82, 2.24) is 9.78 Å². The standard InChI is InChI=1S/C19H18N4O5/c1-12-16(11-20-22(12)2)19(24)21-13-8-14(23(25)26)10-15(9-13)28-18-7-5-4-6-17(18)27-3/h4-11H,1-3H3,(H,21,24). The van der Waals surface area contributed by atoms with E-state index in [0.717, 1.165) is 0 Å². The number of methoxy groups -OCH3 is 1. The van der Waals surface area contributed by atoms with Crippen molar-refractivity contribution in [2.75, 3.05) is 12.4 Å². The summed E-state index contributed by atoms with van der Waals surface area (Å²) in [7, 11) is 3.22. The van der Waals surface area contributed by atoms with Crippen molar-refractivity contribution in [3.05, 3.63) is 70.0 Å². The Balaban J connectivity index is 1.92. The van der Waals surface area contributed by atoms with Crippen LogP contribution in [0.1, 0.15) is 16.1 Å². The molecule has 0 aliphatic heterocycles. The van der Waals surface area contributed by atoms with Crippen molar-refractivity contribution in [3.8, 4) is 17.2 Å². The number of nitrogens with zero attached hydrogens (tertiary/aromatic N) is 3. The van der Waals surface area contributed by atoms with Crippen LogP contribution in [0.15, 0.2) is 48.7 Å². The number of aryl methyl sites for hydroxylation is 1. The maximum Gasteiger partial charge on any atom is 0.275 e. The van der Waals surface area contributed by atoms with Gasteiger partial charge < -0.3 is 14.8 Å². The number of benzene rings is 2. The molecule has 28 heavy (non-hydrogen) atoms. The number of nitrogens with one attached hydrogen (secondary N) is 1. The van der Waals surface area contributed by atoms with E-state index in [-0.39, 0.29) is 17.1 Å². The molecular formula is C19H18N4O5. The Labute approximate surface area is 160 Å². The van der Waals surface area contributed by atoms with E-state index >= 15 is 0 Å². The van der Waals surface area contributed by atoms with E-state index in [1.807, 2.05) is 0 Å². The van der Waals surface area contributed by atoms with E-state index in [9.17, 15) is 14.9 Å². The number of amides is 1. The molecule has 0 bridgehead atoms. The quantitative estimate of drug-likeness (QED) is 0.514. The number of aromatic nitrogens is 2. The topological polar surface area (TPSA) is 109 Å². The number of non-ortho nitro benzene ring substituents is 1. The molecule has 0 saturated carbocycles. The summed E-state index contributed by atoms with van der Waals surface area (Å²) in [5.41, 5.74) is 1.06. The summed E-state index contributed by atoms with van der Waals surface area (Å²) in [6.07, 6.45) is 1.44. The fourth-order valence-corrected chi connectivity index (χ4v) is 2.57. The van der Waals surface area contributed by atoms with Crippen LogP contribution in [0.2, 0.25) is 0 Å². The van der Waals surface area contributed by atoms with Gasteiger partial charge >= 0.3 is 0 Å². The van der Waals surface area contributed by atoms with Crippen molar-refractivity contribution in [3.63, 3.8) is 0 Å². The zero-order valence-corrected chi connectivity index (χ0v) is 15.5. The molecule has 0 spiro atoms. The third-order valence-electron chi connectivity index (χ3n) is 4.14. The van der Waals surface area contributed by atoms with Gasteiger partial charge in [0.15, 0.2) is 11.5 Å². The number of para-hydroxylation sites is 2. The molecule has 9 nitrogen and oxygen atoms in total. The predicted molar refractivity (Wildman–Crippen MR) is 102 cm³/mol. The number of carbonyl (C=O) groups excluding carboxylic acids is 1. The maximum absolute atomic E-state index is 12.5. The molecule has 0 aliphatic rings. The minimum Gasteiger partial charge on any atom is -0.493 e. The Morgan fingerprint density at radius 2 is 1.93 bits per heavy atom. The highest BCUT2D eigenvalue weighted by Crippen LogP contribution is 2.34. The molecule has 0 fully saturated rings. The molecule has 144 valence electrons. The van der Waals surface area contributed by atoms with Gasteiger partial charge in [-0.05, 0) is 19.1 Å². The fraction of sp³-hybridized carbons (Fsp3) is 0.158. The van der Waals surface area contributed by atoms with Gasteiger partial charge in [0.05, 0.1) is 35.5 Å². The Morgan fingerprint density at radius 3 is 2.54 bits per heavy atom. The summed E-state index contributed by atoms with van der Waals surface area (Å²) in [6.45, 7) is 1.76. The fourth-order valence-electron chi connectivity index (χ4n) is 2.57. The lowest BCUT2D eigenvalue weighted by atomic mass is 10.2. The number of carbonyl (C=O) groups is 1. The van der Waals surface area contributed by atoms with Gasteiger partial charge in [0.2, 0.25) is 0 Å². The molecule has 0 atom stereocenters. The molecule has 1 N–H and O–H groups in total. The number of rotatable bonds is 6. The first-order valence-corrected chi connectivity index (χ1v) is 8.29. The van der Waals surface area contributed by atoms with Gasteiger partial charge in [0.25, 0.3) is 11.6 Å². The van der Waals surface area contributed by atoms with Crippen molar-refractivity contribution >= 4 is 17.3 Å². The van der Waals surface area contributed by atoms with Crippen LogP contribution in [0.4, 0.5) is 11.4 Å². The summed E-state index contributed by atoms with van der Waals surface area (Å²) in [5.74, 6) is 0.641. The monoisotopic (exact) mass is 382 g/mol. The molecule has 1 aromatic heterocycles. The highest BCUT2D eigenvalue weighted by Gasteiger charge is 2.17. The maximum atomic E-state index is 12.5. The van der Waals surface area contributed by atoms with Crippen LogP contribution in [0.5, 0.6) is 17.2 Å². The third-order valence-corrected chi connectivity index (χ3v) is 4.14. The zero-order chi connectivity index (χ0) is 20.3. The van der Waals surface area contributed by atoms with Crippen LogP contribution >= 0.6 is 0 Å². The summed E-state index contributed by atoms with van der Waals surface area (Å²) in [4.78, 5) is 23.2. The van der Waals surface area contributed by atoms with Crippen molar-refractivity contribution in [2.24, 2.45) is 7.05 Å². The highest BCUT2D eigenvalue weighted by atomic mass is 16.6. The van der Waals surface area contributed by atoms with Crippen molar-refractivity contribution in [2.45, 2.75) is 6.92 Å². The first-order chi connectivity index (χ1) is 13.4. The average Bonchev–Trinajstić information content (AvgIpc) is 3.01. The summed E-state index contributed by atoms with van der Waals surface area (Å²) < 4.78 is 12.5. The van der Waals surface area contributed by atoms with E-state index in [2.05, 4.69) is 10.4 Å². The van der Waals surface area contributed by atoms with E-state index in [4.69, 9.17) is 9.47 Å². The molecule has 0 unspecified atom stereocenters. The van der Waals surface area contributed by atoms with Crippen LogP contribution in [-0.2, 0) is 7.05 Å². The molecule has 1 amide bonds. The lowest BCUT2D eigenvalue weighted by Gasteiger charge is -2.11. The van der Waals surface area contributed by atoms with Gasteiger partial charge in [-0.1, -0.05) is 12.1 Å². The second-order valence-corrected chi connectivity index (χ2v) is 5.95. The van der Waals surface area contributed by atoms with Gasteiger partial charge in [-0.2, -0.15) is 5.10 Å². The molecular weight excluding hydrogens is 364 g/mol. The zero-order valence-electron chi connectivity index (χ0n) is 15.5. The van der Waals surface area contributed by atoms with Gasteiger partial charge in [0.1, 0.15) is 5.75 Å². The summed E-state index contributed by atoms with van der Waals surface area (Å²) >= 11 is 0. The van der Waals surface area contributed by atoms with Crippen molar-refractivity contribution in [1.29, 1.82) is 0 Å². The number of nitro benzene ring substituents is 1. The van der Waals surface area contributed by atoms with E-state index < -0.39 is 10.8 Å². The Hall–Kier alpha value is -3.88. The van der Waals surface area contributed by atoms with Gasteiger partial charge in [-0.15, -0.1) is 0 Å². The van der Waals surface area contributed by atoms with E-state index in [1.54, 1.807) is 42.9 Å². The SMILES string of the molecule is COc1ccccc1Oc1cc(NC(=O)c2cnn(C)c2C)cc([N+](=O)[O-])c1. The molecule has 0 radical (unpaired) electrons. The predicted octanol–water partition coefficient (Wildman–Crippen LogP) is 3.69. The number of anilines is 1. The molecule has 1 heterocycles.